The van der Waals surface area contributed by atoms with Crippen molar-refractivity contribution in [3.8, 4) is 28.0 Å². The fourth-order valence-electron chi connectivity index (χ4n) is 2.50. The molecule has 0 saturated heterocycles. The third kappa shape index (κ3) is 3.52. The second-order valence-electron chi connectivity index (χ2n) is 5.08. The minimum atomic E-state index is -0.809. The Bertz CT molecular complexity index is 839. The van der Waals surface area contributed by atoms with Crippen molar-refractivity contribution in [1.82, 2.24) is 0 Å². The maximum absolute atomic E-state index is 11.5. The smallest absolute Gasteiger partial charge is 0.403 e. The Morgan fingerprint density at radius 3 is 1.96 bits per heavy atom. The molecule has 0 saturated carbocycles. The summed E-state index contributed by atoms with van der Waals surface area (Å²) < 4.78 is 9.78. The minimum Gasteiger partial charge on any atom is -0.403 e. The van der Waals surface area contributed by atoms with E-state index in [2.05, 4.69) is 11.3 Å². The van der Waals surface area contributed by atoms with E-state index in [-0.39, 0.29) is 0 Å². The highest BCUT2D eigenvalue weighted by atomic mass is 16.7. The molecule has 0 aromatic heterocycles. The van der Waals surface area contributed by atoms with Crippen LogP contribution in [0.4, 0.5) is 4.79 Å². The van der Waals surface area contributed by atoms with Crippen LogP contribution in [-0.2, 0) is 4.74 Å². The van der Waals surface area contributed by atoms with Gasteiger partial charge < -0.3 is 9.47 Å². The van der Waals surface area contributed by atoms with Crippen LogP contribution in [0.2, 0.25) is 0 Å². The van der Waals surface area contributed by atoms with Gasteiger partial charge in [-0.1, -0.05) is 73.3 Å². The van der Waals surface area contributed by atoms with Crippen LogP contribution in [0.3, 0.4) is 0 Å². The van der Waals surface area contributed by atoms with E-state index in [4.69, 9.17) is 4.74 Å². The van der Waals surface area contributed by atoms with Crippen molar-refractivity contribution in [2.45, 2.75) is 0 Å². The molecule has 118 valence electrons. The van der Waals surface area contributed by atoms with E-state index < -0.39 is 6.16 Å². The molecule has 3 aromatic rings. The maximum Gasteiger partial charge on any atom is 0.518 e. The predicted molar refractivity (Wildman–Crippen MR) is 94.6 cm³/mol. The average molecular weight is 316 g/mol. The Morgan fingerprint density at radius 1 is 0.792 bits per heavy atom. The Balaban J connectivity index is 2.06. The molecule has 0 aliphatic heterocycles. The van der Waals surface area contributed by atoms with Crippen molar-refractivity contribution in [3.05, 3.63) is 91.7 Å². The molecule has 0 fully saturated rings. The normalized spacial score (nSPS) is 10.0. The van der Waals surface area contributed by atoms with E-state index in [0.717, 1.165) is 28.5 Å². The SMILES string of the molecule is C=COC(=O)Oc1ccc(-c2ccccc2)c(-c2ccccc2)c1. The van der Waals surface area contributed by atoms with Gasteiger partial charge in [-0.25, -0.2) is 4.79 Å². The summed E-state index contributed by atoms with van der Waals surface area (Å²) in [7, 11) is 0. The number of rotatable bonds is 4. The van der Waals surface area contributed by atoms with Crippen LogP contribution < -0.4 is 4.74 Å². The summed E-state index contributed by atoms with van der Waals surface area (Å²) in [5.74, 6) is 0.417. The van der Waals surface area contributed by atoms with E-state index >= 15 is 0 Å². The third-order valence-corrected chi connectivity index (χ3v) is 3.54. The van der Waals surface area contributed by atoms with E-state index in [1.54, 1.807) is 6.07 Å². The van der Waals surface area contributed by atoms with Gasteiger partial charge in [-0.3, -0.25) is 0 Å². The summed E-state index contributed by atoms with van der Waals surface area (Å²) in [6.07, 6.45) is 0.232. The predicted octanol–water partition coefficient (Wildman–Crippen LogP) is 5.68. The van der Waals surface area contributed by atoms with Gasteiger partial charge in [0.15, 0.2) is 0 Å². The number of benzene rings is 3. The first-order valence-electron chi connectivity index (χ1n) is 7.52. The third-order valence-electron chi connectivity index (χ3n) is 3.54. The van der Waals surface area contributed by atoms with Gasteiger partial charge >= 0.3 is 6.16 Å². The van der Waals surface area contributed by atoms with Crippen LogP contribution in [0.15, 0.2) is 91.7 Å². The van der Waals surface area contributed by atoms with Crippen molar-refractivity contribution in [1.29, 1.82) is 0 Å². The molecule has 3 heteroatoms. The molecular weight excluding hydrogens is 300 g/mol. The molecule has 0 radical (unpaired) electrons. The molecule has 3 rings (SSSR count). The van der Waals surface area contributed by atoms with E-state index in [1.165, 1.54) is 0 Å². The highest BCUT2D eigenvalue weighted by Crippen LogP contribution is 2.35. The standard InChI is InChI=1S/C21H16O3/c1-2-23-21(22)24-18-13-14-19(16-9-5-3-6-10-16)20(15-18)17-11-7-4-8-12-17/h2-15H,1H2. The van der Waals surface area contributed by atoms with Crippen LogP contribution in [-0.4, -0.2) is 6.16 Å². The number of carbonyl (C=O) groups is 1. The second kappa shape index (κ2) is 7.29. The monoisotopic (exact) mass is 316 g/mol. The zero-order valence-corrected chi connectivity index (χ0v) is 13.0. The first kappa shape index (κ1) is 15.6. The molecule has 3 aromatic carbocycles. The van der Waals surface area contributed by atoms with Gasteiger partial charge in [0.25, 0.3) is 0 Å². The number of hydrogen-bond acceptors (Lipinski definition) is 3. The molecule has 0 N–H and O–H groups in total. The van der Waals surface area contributed by atoms with Crippen LogP contribution >= 0.6 is 0 Å². The fourth-order valence-corrected chi connectivity index (χ4v) is 2.50. The minimum absolute atomic E-state index is 0.417. The Hall–Kier alpha value is -3.33. The van der Waals surface area contributed by atoms with Gasteiger partial charge in [0.1, 0.15) is 5.75 Å². The molecule has 0 heterocycles. The molecule has 0 unspecified atom stereocenters. The second-order valence-corrected chi connectivity index (χ2v) is 5.08. The lowest BCUT2D eigenvalue weighted by atomic mass is 9.94. The average Bonchev–Trinajstić information content (AvgIpc) is 2.63. The number of carbonyl (C=O) groups excluding carboxylic acids is 1. The van der Waals surface area contributed by atoms with Gasteiger partial charge in [0.2, 0.25) is 0 Å². The summed E-state index contributed by atoms with van der Waals surface area (Å²) in [6.45, 7) is 3.34. The Labute approximate surface area is 140 Å². The van der Waals surface area contributed by atoms with Crippen molar-refractivity contribution in [3.63, 3.8) is 0 Å². The molecule has 0 atom stereocenters. The highest BCUT2D eigenvalue weighted by molar-refractivity contribution is 5.84. The highest BCUT2D eigenvalue weighted by Gasteiger charge is 2.11. The van der Waals surface area contributed by atoms with E-state index in [9.17, 15) is 4.79 Å². The first-order chi connectivity index (χ1) is 11.8. The quantitative estimate of drug-likeness (QED) is 0.353. The van der Waals surface area contributed by atoms with Gasteiger partial charge in [0, 0.05) is 0 Å². The summed E-state index contributed by atoms with van der Waals surface area (Å²) in [5, 5.41) is 0. The topological polar surface area (TPSA) is 35.5 Å². The molecule has 0 aliphatic rings. The Morgan fingerprint density at radius 2 is 1.38 bits per heavy atom. The van der Waals surface area contributed by atoms with Crippen molar-refractivity contribution < 1.29 is 14.3 Å². The fraction of sp³-hybridized carbons (Fsp3) is 0. The molecule has 3 nitrogen and oxygen atoms in total. The van der Waals surface area contributed by atoms with Crippen molar-refractivity contribution in [2.75, 3.05) is 0 Å². The van der Waals surface area contributed by atoms with Gasteiger partial charge in [0.05, 0.1) is 6.26 Å². The van der Waals surface area contributed by atoms with E-state index in [1.807, 2.05) is 72.8 Å². The molecule has 0 bridgehead atoms. The van der Waals surface area contributed by atoms with Crippen LogP contribution in [0.5, 0.6) is 5.75 Å². The number of hydrogen-bond donors (Lipinski definition) is 0. The molecule has 0 aliphatic carbocycles. The Kier molecular flexibility index (Phi) is 4.73. The first-order valence-corrected chi connectivity index (χ1v) is 7.52. The van der Waals surface area contributed by atoms with E-state index in [0.29, 0.717) is 5.75 Å². The molecule has 0 amide bonds. The summed E-state index contributed by atoms with van der Waals surface area (Å²) in [5.41, 5.74) is 4.17. The lowest BCUT2D eigenvalue weighted by molar-refractivity contribution is 0.136. The maximum atomic E-state index is 11.5. The summed E-state index contributed by atoms with van der Waals surface area (Å²) in [4.78, 5) is 11.5. The largest absolute Gasteiger partial charge is 0.518 e. The van der Waals surface area contributed by atoms with Crippen molar-refractivity contribution >= 4 is 6.16 Å². The van der Waals surface area contributed by atoms with Gasteiger partial charge in [-0.05, 0) is 34.4 Å². The zero-order chi connectivity index (χ0) is 16.8. The van der Waals surface area contributed by atoms with Crippen molar-refractivity contribution in [2.24, 2.45) is 0 Å². The lowest BCUT2D eigenvalue weighted by Gasteiger charge is -2.12. The van der Waals surface area contributed by atoms with Crippen LogP contribution in [0, 0.1) is 0 Å². The molecule has 0 spiro atoms. The summed E-state index contributed by atoms with van der Waals surface area (Å²) in [6, 6.07) is 25.6. The molecule has 24 heavy (non-hydrogen) atoms. The molecular formula is C21H16O3. The van der Waals surface area contributed by atoms with Crippen LogP contribution in [0.1, 0.15) is 0 Å². The van der Waals surface area contributed by atoms with Gasteiger partial charge in [-0.15, -0.1) is 0 Å². The lowest BCUT2D eigenvalue weighted by Crippen LogP contribution is -2.06. The van der Waals surface area contributed by atoms with Gasteiger partial charge in [-0.2, -0.15) is 0 Å². The summed E-state index contributed by atoms with van der Waals surface area (Å²) >= 11 is 0. The zero-order valence-electron chi connectivity index (χ0n) is 13.0. The number of ether oxygens (including phenoxy) is 2. The van der Waals surface area contributed by atoms with Crippen LogP contribution in [0.25, 0.3) is 22.3 Å².